The van der Waals surface area contributed by atoms with Crippen molar-refractivity contribution in [1.29, 1.82) is 0 Å². The second kappa shape index (κ2) is 5.44. The van der Waals surface area contributed by atoms with E-state index < -0.39 is 11.4 Å². The molecule has 1 aliphatic rings. The molecule has 2 heterocycles. The molecule has 1 aromatic heterocycles. The number of methoxy groups -OCH3 is 1. The molecule has 0 unspecified atom stereocenters. The van der Waals surface area contributed by atoms with Crippen molar-refractivity contribution in [2.24, 2.45) is 5.41 Å². The molecule has 0 aliphatic carbocycles. The van der Waals surface area contributed by atoms with Gasteiger partial charge < -0.3 is 19.4 Å². The van der Waals surface area contributed by atoms with Gasteiger partial charge in [0.25, 0.3) is 0 Å². The lowest BCUT2D eigenvalue weighted by Crippen LogP contribution is -2.59. The van der Waals surface area contributed by atoms with Crippen LogP contribution in [0.4, 0.5) is 0 Å². The minimum absolute atomic E-state index is 0.103. The zero-order valence-corrected chi connectivity index (χ0v) is 11.1. The fourth-order valence-corrected chi connectivity index (χ4v) is 2.11. The van der Waals surface area contributed by atoms with E-state index in [1.54, 1.807) is 11.9 Å². The Morgan fingerprint density at radius 2 is 2.26 bits per heavy atom. The first-order valence-corrected chi connectivity index (χ1v) is 6.14. The van der Waals surface area contributed by atoms with E-state index in [1.807, 2.05) is 18.3 Å². The first-order chi connectivity index (χ1) is 9.10. The summed E-state index contributed by atoms with van der Waals surface area (Å²) in [6, 6.07) is 3.87. The maximum Gasteiger partial charge on any atom is 0.326 e. The summed E-state index contributed by atoms with van der Waals surface area (Å²) in [6.07, 6.45) is 2.56. The first kappa shape index (κ1) is 13.6. The van der Waals surface area contributed by atoms with E-state index in [9.17, 15) is 9.59 Å². The number of amides is 1. The third-order valence-electron chi connectivity index (χ3n) is 3.41. The van der Waals surface area contributed by atoms with Crippen molar-refractivity contribution in [3.63, 3.8) is 0 Å². The van der Waals surface area contributed by atoms with E-state index in [0.717, 1.165) is 5.69 Å². The number of aromatic nitrogens is 1. The van der Waals surface area contributed by atoms with Crippen LogP contribution in [0.3, 0.4) is 0 Å². The van der Waals surface area contributed by atoms with Gasteiger partial charge in [0.05, 0.1) is 20.3 Å². The molecular formula is C13H18N2O4. The number of nitrogens with one attached hydrogen (secondary N) is 1. The van der Waals surface area contributed by atoms with Gasteiger partial charge in [-0.1, -0.05) is 0 Å². The van der Waals surface area contributed by atoms with E-state index in [1.165, 1.54) is 7.11 Å². The average Bonchev–Trinajstić information content (AvgIpc) is 2.87. The van der Waals surface area contributed by atoms with Gasteiger partial charge in [-0.2, -0.15) is 0 Å². The summed E-state index contributed by atoms with van der Waals surface area (Å²) >= 11 is 0. The van der Waals surface area contributed by atoms with Crippen LogP contribution >= 0.6 is 0 Å². The molecular weight excluding hydrogens is 248 g/mol. The Kier molecular flexibility index (Phi) is 3.90. The van der Waals surface area contributed by atoms with Gasteiger partial charge >= 0.3 is 5.97 Å². The predicted molar refractivity (Wildman–Crippen MR) is 67.4 cm³/mol. The van der Waals surface area contributed by atoms with Crippen molar-refractivity contribution in [3.05, 3.63) is 24.0 Å². The summed E-state index contributed by atoms with van der Waals surface area (Å²) < 4.78 is 9.73. The summed E-state index contributed by atoms with van der Waals surface area (Å²) in [7, 11) is 2.98. The molecule has 0 bridgehead atoms. The van der Waals surface area contributed by atoms with E-state index in [0.29, 0.717) is 13.0 Å². The monoisotopic (exact) mass is 266 g/mol. The minimum Gasteiger partial charge on any atom is -0.468 e. The van der Waals surface area contributed by atoms with Crippen molar-refractivity contribution in [2.75, 3.05) is 33.9 Å². The zero-order valence-electron chi connectivity index (χ0n) is 11.1. The zero-order chi connectivity index (χ0) is 13.9. The van der Waals surface area contributed by atoms with Gasteiger partial charge in [0.2, 0.25) is 5.91 Å². The molecule has 0 spiro atoms. The van der Waals surface area contributed by atoms with Crippen LogP contribution in [0.5, 0.6) is 0 Å². The number of nitrogens with zero attached hydrogens (tertiary/aromatic N) is 1. The van der Waals surface area contributed by atoms with Crippen LogP contribution in [0.15, 0.2) is 18.3 Å². The molecule has 0 saturated carbocycles. The lowest BCUT2D eigenvalue weighted by atomic mass is 9.84. The Bertz CT molecular complexity index is 451. The topological polar surface area (TPSA) is 71.6 Å². The molecule has 1 fully saturated rings. The smallest absolute Gasteiger partial charge is 0.326 e. The molecule has 0 atom stereocenters. The molecule has 104 valence electrons. The quantitative estimate of drug-likeness (QED) is 0.610. The molecule has 0 aromatic carbocycles. The maximum atomic E-state index is 12.3. The number of H-pyrrole nitrogens is 1. The number of carbonyl (C=O) groups is 2. The SMILES string of the molecule is COC(=O)C1(C(=O)N(C)CCc2ccc[nH]2)COC1. The summed E-state index contributed by atoms with van der Waals surface area (Å²) in [4.78, 5) is 28.7. The van der Waals surface area contributed by atoms with Crippen molar-refractivity contribution >= 4 is 11.9 Å². The van der Waals surface area contributed by atoms with Crippen molar-refractivity contribution in [1.82, 2.24) is 9.88 Å². The fourth-order valence-electron chi connectivity index (χ4n) is 2.11. The van der Waals surface area contributed by atoms with Crippen molar-refractivity contribution in [3.8, 4) is 0 Å². The highest BCUT2D eigenvalue weighted by molar-refractivity contribution is 6.03. The third kappa shape index (κ3) is 2.49. The van der Waals surface area contributed by atoms with E-state index in [2.05, 4.69) is 4.98 Å². The number of esters is 1. The number of likely N-dealkylation sites (N-methyl/N-ethyl adjacent to an activating group) is 1. The third-order valence-corrected chi connectivity index (χ3v) is 3.41. The lowest BCUT2D eigenvalue weighted by Gasteiger charge is -2.39. The molecule has 1 N–H and O–H groups in total. The molecule has 19 heavy (non-hydrogen) atoms. The highest BCUT2D eigenvalue weighted by Crippen LogP contribution is 2.31. The van der Waals surface area contributed by atoms with Gasteiger partial charge in [0.1, 0.15) is 0 Å². The van der Waals surface area contributed by atoms with Crippen LogP contribution in [-0.2, 0) is 25.5 Å². The van der Waals surface area contributed by atoms with Gasteiger partial charge in [-0.25, -0.2) is 0 Å². The number of hydrogen-bond acceptors (Lipinski definition) is 4. The molecule has 0 radical (unpaired) electrons. The van der Waals surface area contributed by atoms with Gasteiger partial charge in [0, 0.05) is 31.9 Å². The number of ether oxygens (including phenoxy) is 2. The lowest BCUT2D eigenvalue weighted by molar-refractivity contribution is -0.192. The van der Waals surface area contributed by atoms with E-state index in [4.69, 9.17) is 9.47 Å². The van der Waals surface area contributed by atoms with Crippen LogP contribution in [-0.4, -0.2) is 55.7 Å². The van der Waals surface area contributed by atoms with E-state index in [-0.39, 0.29) is 19.1 Å². The van der Waals surface area contributed by atoms with Crippen LogP contribution in [0.1, 0.15) is 5.69 Å². The molecule has 1 aliphatic heterocycles. The van der Waals surface area contributed by atoms with Crippen molar-refractivity contribution in [2.45, 2.75) is 6.42 Å². The number of hydrogen-bond donors (Lipinski definition) is 1. The second-order valence-corrected chi connectivity index (χ2v) is 4.74. The highest BCUT2D eigenvalue weighted by Gasteiger charge is 2.55. The summed E-state index contributed by atoms with van der Waals surface area (Å²) in [5.41, 5.74) is -0.0872. The Morgan fingerprint density at radius 1 is 1.53 bits per heavy atom. The predicted octanol–water partition coefficient (Wildman–Crippen LogP) is 0.205. The maximum absolute atomic E-state index is 12.3. The largest absolute Gasteiger partial charge is 0.468 e. The van der Waals surface area contributed by atoms with Gasteiger partial charge in [-0.3, -0.25) is 9.59 Å². The molecule has 1 aromatic rings. The minimum atomic E-state index is -1.14. The van der Waals surface area contributed by atoms with Crippen LogP contribution < -0.4 is 0 Å². The molecule has 2 rings (SSSR count). The van der Waals surface area contributed by atoms with E-state index >= 15 is 0 Å². The van der Waals surface area contributed by atoms with Gasteiger partial charge in [-0.05, 0) is 12.1 Å². The average molecular weight is 266 g/mol. The Labute approximate surface area is 111 Å². The van der Waals surface area contributed by atoms with Gasteiger partial charge in [0.15, 0.2) is 5.41 Å². The Morgan fingerprint density at radius 3 is 2.74 bits per heavy atom. The molecule has 6 heteroatoms. The first-order valence-electron chi connectivity index (χ1n) is 6.14. The van der Waals surface area contributed by atoms with Crippen molar-refractivity contribution < 1.29 is 19.1 Å². The molecule has 6 nitrogen and oxygen atoms in total. The number of aromatic amines is 1. The molecule has 1 saturated heterocycles. The van der Waals surface area contributed by atoms with Gasteiger partial charge in [-0.15, -0.1) is 0 Å². The van der Waals surface area contributed by atoms with Crippen LogP contribution in [0.2, 0.25) is 0 Å². The normalized spacial score (nSPS) is 16.5. The summed E-state index contributed by atoms with van der Waals surface area (Å²) in [6.45, 7) is 0.745. The standard InChI is InChI=1S/C13H18N2O4/c1-15(7-5-10-4-3-6-14-10)11(16)13(8-19-9-13)12(17)18-2/h3-4,6,14H,5,7-9H2,1-2H3. The number of rotatable bonds is 5. The Hall–Kier alpha value is -1.82. The van der Waals surface area contributed by atoms with Crippen LogP contribution in [0.25, 0.3) is 0 Å². The highest BCUT2D eigenvalue weighted by atomic mass is 16.5. The molecule has 1 amide bonds. The van der Waals surface area contributed by atoms with Crippen LogP contribution in [0, 0.1) is 5.41 Å². The summed E-state index contributed by atoms with van der Waals surface area (Å²) in [5, 5.41) is 0. The Balaban J connectivity index is 1.96. The fraction of sp³-hybridized carbons (Fsp3) is 0.538. The number of carbonyl (C=O) groups excluding carboxylic acids is 2. The summed E-state index contributed by atoms with van der Waals surface area (Å²) in [5.74, 6) is -0.757. The second-order valence-electron chi connectivity index (χ2n) is 4.74.